The lowest BCUT2D eigenvalue weighted by molar-refractivity contribution is -0.113. The summed E-state index contributed by atoms with van der Waals surface area (Å²) in [5, 5.41) is 14.7. The van der Waals surface area contributed by atoms with Crippen LogP contribution in [0.25, 0.3) is 11.4 Å². The van der Waals surface area contributed by atoms with Crippen LogP contribution in [0.1, 0.15) is 15.9 Å². The Morgan fingerprint density at radius 1 is 1.06 bits per heavy atom. The standard InChI is InChI=1S/C22H18ClN5O2S2/c23-17-9-5-4-8-15(17)20-26-27-22(28(20)12-14-6-2-1-3-7-14)32-13-18(29)25-21-16(19(24)30)10-11-31-21/h1-11H,12-13H2,(H2,24,30)(H,25,29). The zero-order chi connectivity index (χ0) is 22.5. The number of nitrogens with zero attached hydrogens (tertiary/aromatic N) is 3. The average molecular weight is 484 g/mol. The second-order valence-electron chi connectivity index (χ2n) is 6.72. The first-order valence-electron chi connectivity index (χ1n) is 9.55. The third kappa shape index (κ3) is 5.01. The van der Waals surface area contributed by atoms with Gasteiger partial charge in [0.15, 0.2) is 11.0 Å². The molecule has 2 amide bonds. The van der Waals surface area contributed by atoms with Crippen molar-refractivity contribution in [2.75, 3.05) is 11.1 Å². The van der Waals surface area contributed by atoms with Gasteiger partial charge in [-0.3, -0.25) is 14.2 Å². The first kappa shape index (κ1) is 22.1. The lowest BCUT2D eigenvalue weighted by Gasteiger charge is -2.11. The molecule has 3 N–H and O–H groups in total. The van der Waals surface area contributed by atoms with Gasteiger partial charge in [-0.05, 0) is 29.1 Å². The molecule has 0 radical (unpaired) electrons. The zero-order valence-corrected chi connectivity index (χ0v) is 19.1. The Morgan fingerprint density at radius 3 is 2.56 bits per heavy atom. The van der Waals surface area contributed by atoms with Gasteiger partial charge >= 0.3 is 0 Å². The monoisotopic (exact) mass is 483 g/mol. The van der Waals surface area contributed by atoms with Gasteiger partial charge in [0.1, 0.15) is 5.00 Å². The number of thioether (sulfide) groups is 1. The smallest absolute Gasteiger partial charge is 0.251 e. The molecule has 0 aliphatic heterocycles. The third-order valence-corrected chi connectivity index (χ3v) is 6.66. The van der Waals surface area contributed by atoms with Crippen molar-refractivity contribution in [1.29, 1.82) is 0 Å². The summed E-state index contributed by atoms with van der Waals surface area (Å²) >= 11 is 8.90. The summed E-state index contributed by atoms with van der Waals surface area (Å²) in [6, 6.07) is 18.9. The van der Waals surface area contributed by atoms with Crippen molar-refractivity contribution in [2.24, 2.45) is 5.73 Å². The SMILES string of the molecule is NC(=O)c1ccsc1NC(=O)CSc1nnc(-c2ccccc2Cl)n1Cc1ccccc1. The van der Waals surface area contributed by atoms with Crippen molar-refractivity contribution in [2.45, 2.75) is 11.7 Å². The van der Waals surface area contributed by atoms with Gasteiger partial charge in [0.2, 0.25) is 5.91 Å². The topological polar surface area (TPSA) is 103 Å². The first-order chi connectivity index (χ1) is 15.5. The predicted octanol–water partition coefficient (Wildman–Crippen LogP) is 4.54. The number of thiophene rings is 1. The molecule has 0 saturated carbocycles. The van der Waals surface area contributed by atoms with E-state index in [9.17, 15) is 9.59 Å². The lowest BCUT2D eigenvalue weighted by Crippen LogP contribution is -2.18. The molecule has 2 heterocycles. The largest absolute Gasteiger partial charge is 0.366 e. The number of primary amides is 1. The van der Waals surface area contributed by atoms with E-state index in [1.807, 2.05) is 53.1 Å². The van der Waals surface area contributed by atoms with Crippen LogP contribution in [0.4, 0.5) is 5.00 Å². The van der Waals surface area contributed by atoms with Crippen molar-refractivity contribution in [3.63, 3.8) is 0 Å². The van der Waals surface area contributed by atoms with Gasteiger partial charge in [-0.1, -0.05) is 65.8 Å². The van der Waals surface area contributed by atoms with Gasteiger partial charge in [-0.15, -0.1) is 21.5 Å². The molecule has 0 unspecified atom stereocenters. The van der Waals surface area contributed by atoms with Crippen molar-refractivity contribution in [3.8, 4) is 11.4 Å². The molecule has 4 aromatic rings. The maximum Gasteiger partial charge on any atom is 0.251 e. The van der Waals surface area contributed by atoms with E-state index in [0.717, 1.165) is 11.1 Å². The van der Waals surface area contributed by atoms with E-state index in [4.69, 9.17) is 17.3 Å². The highest BCUT2D eigenvalue weighted by Crippen LogP contribution is 2.30. The van der Waals surface area contributed by atoms with E-state index in [-0.39, 0.29) is 11.7 Å². The van der Waals surface area contributed by atoms with Crippen molar-refractivity contribution in [3.05, 3.63) is 82.2 Å². The van der Waals surface area contributed by atoms with Gasteiger partial charge in [0.25, 0.3) is 5.91 Å². The quantitative estimate of drug-likeness (QED) is 0.358. The Kier molecular flexibility index (Phi) is 6.89. The van der Waals surface area contributed by atoms with Gasteiger partial charge in [0, 0.05) is 5.56 Å². The second-order valence-corrected chi connectivity index (χ2v) is 8.99. The number of nitrogens with one attached hydrogen (secondary N) is 1. The molecular weight excluding hydrogens is 466 g/mol. The Hall–Kier alpha value is -3.14. The van der Waals surface area contributed by atoms with Gasteiger partial charge in [-0.2, -0.15) is 0 Å². The normalized spacial score (nSPS) is 10.8. The molecule has 0 atom stereocenters. The van der Waals surface area contributed by atoms with E-state index in [2.05, 4.69) is 15.5 Å². The number of carbonyl (C=O) groups is 2. The average Bonchev–Trinajstić information content (AvgIpc) is 3.40. The van der Waals surface area contributed by atoms with Gasteiger partial charge in [-0.25, -0.2) is 0 Å². The molecule has 7 nitrogen and oxygen atoms in total. The summed E-state index contributed by atoms with van der Waals surface area (Å²) in [5.74, 6) is -0.141. The minimum Gasteiger partial charge on any atom is -0.366 e. The minimum absolute atomic E-state index is 0.0888. The Bertz CT molecular complexity index is 1260. The number of halogens is 1. The summed E-state index contributed by atoms with van der Waals surface area (Å²) in [6.45, 7) is 0.523. The van der Waals surface area contributed by atoms with Crippen LogP contribution in [0, 0.1) is 0 Å². The number of benzene rings is 2. The molecule has 10 heteroatoms. The summed E-state index contributed by atoms with van der Waals surface area (Å²) in [6.07, 6.45) is 0. The third-order valence-electron chi connectivity index (χ3n) is 4.53. The van der Waals surface area contributed by atoms with Crippen molar-refractivity contribution >= 4 is 51.5 Å². The molecule has 0 aliphatic carbocycles. The summed E-state index contributed by atoms with van der Waals surface area (Å²) < 4.78 is 1.94. The fraction of sp³-hybridized carbons (Fsp3) is 0.0909. The van der Waals surface area contributed by atoms with Gasteiger partial charge < -0.3 is 11.1 Å². The Balaban J connectivity index is 1.56. The Morgan fingerprint density at radius 2 is 1.81 bits per heavy atom. The van der Waals surface area contributed by atoms with E-state index in [0.29, 0.717) is 33.1 Å². The molecule has 2 aromatic carbocycles. The molecule has 162 valence electrons. The van der Waals surface area contributed by atoms with Crippen LogP contribution in [0.3, 0.4) is 0 Å². The first-order valence-corrected chi connectivity index (χ1v) is 11.8. The molecule has 0 spiro atoms. The molecule has 0 fully saturated rings. The number of hydrogen-bond donors (Lipinski definition) is 2. The zero-order valence-electron chi connectivity index (χ0n) is 16.7. The number of hydrogen-bond acceptors (Lipinski definition) is 6. The predicted molar refractivity (Wildman–Crippen MR) is 128 cm³/mol. The van der Waals surface area contributed by atoms with Crippen molar-refractivity contribution in [1.82, 2.24) is 14.8 Å². The van der Waals surface area contributed by atoms with Crippen LogP contribution in [-0.4, -0.2) is 32.3 Å². The molecule has 32 heavy (non-hydrogen) atoms. The summed E-state index contributed by atoms with van der Waals surface area (Å²) in [7, 11) is 0. The van der Waals surface area contributed by atoms with Crippen LogP contribution < -0.4 is 11.1 Å². The number of amides is 2. The van der Waals surface area contributed by atoms with Crippen LogP contribution >= 0.6 is 34.7 Å². The fourth-order valence-electron chi connectivity index (χ4n) is 3.04. The molecule has 0 bridgehead atoms. The van der Waals surface area contributed by atoms with Crippen LogP contribution in [0.15, 0.2) is 71.2 Å². The van der Waals surface area contributed by atoms with Crippen LogP contribution in [0.2, 0.25) is 5.02 Å². The summed E-state index contributed by atoms with van der Waals surface area (Å²) in [5.41, 5.74) is 7.46. The number of carbonyl (C=O) groups excluding carboxylic acids is 2. The lowest BCUT2D eigenvalue weighted by atomic mass is 10.2. The fourth-order valence-corrected chi connectivity index (χ4v) is 4.81. The van der Waals surface area contributed by atoms with E-state index >= 15 is 0 Å². The molecule has 0 saturated heterocycles. The number of rotatable bonds is 8. The summed E-state index contributed by atoms with van der Waals surface area (Å²) in [4.78, 5) is 24.0. The van der Waals surface area contributed by atoms with Crippen molar-refractivity contribution < 1.29 is 9.59 Å². The van der Waals surface area contributed by atoms with E-state index < -0.39 is 5.91 Å². The number of anilines is 1. The van der Waals surface area contributed by atoms with Crippen LogP contribution in [0.5, 0.6) is 0 Å². The highest BCUT2D eigenvalue weighted by Gasteiger charge is 2.19. The molecule has 2 aromatic heterocycles. The van der Waals surface area contributed by atoms with E-state index in [1.165, 1.54) is 23.1 Å². The highest BCUT2D eigenvalue weighted by atomic mass is 35.5. The highest BCUT2D eigenvalue weighted by molar-refractivity contribution is 7.99. The number of aromatic nitrogens is 3. The molecular formula is C22H18ClN5O2S2. The second kappa shape index (κ2) is 9.99. The van der Waals surface area contributed by atoms with Crippen LogP contribution in [-0.2, 0) is 11.3 Å². The number of nitrogens with two attached hydrogens (primary N) is 1. The molecule has 4 rings (SSSR count). The minimum atomic E-state index is -0.582. The van der Waals surface area contributed by atoms with Gasteiger partial charge in [0.05, 0.1) is 22.9 Å². The molecule has 0 aliphatic rings. The Labute approximate surface area is 197 Å². The maximum absolute atomic E-state index is 12.5. The van der Waals surface area contributed by atoms with E-state index in [1.54, 1.807) is 17.5 Å². The maximum atomic E-state index is 12.5.